The third-order valence-electron chi connectivity index (χ3n) is 5.38. The van der Waals surface area contributed by atoms with E-state index in [1.165, 1.54) is 4.90 Å². The van der Waals surface area contributed by atoms with E-state index in [0.29, 0.717) is 0 Å². The van der Waals surface area contributed by atoms with Gasteiger partial charge in [0.2, 0.25) is 6.43 Å². The second-order valence-corrected chi connectivity index (χ2v) is 9.22. The van der Waals surface area contributed by atoms with Gasteiger partial charge in [-0.2, -0.15) is 0 Å². The van der Waals surface area contributed by atoms with Gasteiger partial charge >= 0.3 is 6.09 Å². The molecule has 1 saturated carbocycles. The summed E-state index contributed by atoms with van der Waals surface area (Å²) in [6.07, 6.45) is -4.30. The number of rotatable bonds is 5. The Hall–Kier alpha value is -2.72. The molecule has 1 aromatic rings. The van der Waals surface area contributed by atoms with Gasteiger partial charge in [-0.15, -0.1) is 0 Å². The van der Waals surface area contributed by atoms with E-state index in [9.17, 15) is 27.2 Å². The zero-order chi connectivity index (χ0) is 23.8. The molecule has 1 aromatic carbocycles. The number of anilines is 2. The third kappa shape index (κ3) is 5.74. The minimum absolute atomic E-state index is 0.00675. The number of hydrogen-bond acceptors (Lipinski definition) is 5. The number of hydrogen-bond donors (Lipinski definition) is 3. The van der Waals surface area contributed by atoms with Gasteiger partial charge in [-0.3, -0.25) is 4.79 Å². The second-order valence-electron chi connectivity index (χ2n) is 9.22. The molecule has 0 spiro atoms. The highest BCUT2D eigenvalue weighted by Gasteiger charge is 2.44. The van der Waals surface area contributed by atoms with Gasteiger partial charge < -0.3 is 26.0 Å². The summed E-state index contributed by atoms with van der Waals surface area (Å²) >= 11 is 0. The predicted octanol–water partition coefficient (Wildman–Crippen LogP) is 3.55. The average molecular weight is 460 g/mol. The van der Waals surface area contributed by atoms with E-state index in [4.69, 9.17) is 10.5 Å². The average Bonchev–Trinajstić information content (AvgIpc) is 3.44. The number of carbonyl (C=O) groups excluding carboxylic acids is 2. The van der Waals surface area contributed by atoms with Crippen molar-refractivity contribution in [2.75, 3.05) is 24.1 Å². The first kappa shape index (κ1) is 23.9. The molecule has 2 amide bonds. The Morgan fingerprint density at radius 2 is 1.94 bits per heavy atom. The van der Waals surface area contributed by atoms with Gasteiger partial charge in [-0.25, -0.2) is 22.4 Å². The van der Waals surface area contributed by atoms with Crippen LogP contribution in [-0.2, 0) is 4.74 Å². The number of piperidine rings is 1. The molecular formula is C21H28F4N4O3. The van der Waals surface area contributed by atoms with Crippen LogP contribution >= 0.6 is 0 Å². The molecule has 7 nitrogen and oxygen atoms in total. The number of nitrogen functional groups attached to an aromatic ring is 1. The fourth-order valence-corrected chi connectivity index (χ4v) is 3.55. The van der Waals surface area contributed by atoms with Crippen molar-refractivity contribution >= 4 is 23.4 Å². The summed E-state index contributed by atoms with van der Waals surface area (Å²) < 4.78 is 59.6. The Kier molecular flexibility index (Phi) is 6.75. The second kappa shape index (κ2) is 9.03. The quantitative estimate of drug-likeness (QED) is 0.461. The monoisotopic (exact) mass is 460 g/mol. The van der Waals surface area contributed by atoms with Crippen LogP contribution in [0.5, 0.6) is 0 Å². The van der Waals surface area contributed by atoms with Gasteiger partial charge in [-0.05, 0) is 45.7 Å². The first-order valence-electron chi connectivity index (χ1n) is 10.4. The largest absolute Gasteiger partial charge is 0.444 e. The number of halogens is 4. The maximum atomic E-state index is 14.6. The Balaban J connectivity index is 1.65. The third-order valence-corrected chi connectivity index (χ3v) is 5.38. The van der Waals surface area contributed by atoms with Crippen LogP contribution in [-0.4, -0.2) is 60.3 Å². The molecule has 4 N–H and O–H groups in total. The lowest BCUT2D eigenvalue weighted by atomic mass is 10.0. The summed E-state index contributed by atoms with van der Waals surface area (Å²) in [4.78, 5) is 26.1. The Labute approximate surface area is 183 Å². The highest BCUT2D eigenvalue weighted by atomic mass is 19.3. The molecule has 0 unspecified atom stereocenters. The first-order chi connectivity index (χ1) is 14.9. The Morgan fingerprint density at radius 3 is 2.53 bits per heavy atom. The van der Waals surface area contributed by atoms with E-state index in [-0.39, 0.29) is 37.3 Å². The lowest BCUT2D eigenvalue weighted by Crippen LogP contribution is -2.55. The van der Waals surface area contributed by atoms with Crippen molar-refractivity contribution in [3.05, 3.63) is 23.5 Å². The highest BCUT2D eigenvalue weighted by molar-refractivity contribution is 5.96. The van der Waals surface area contributed by atoms with E-state index < -0.39 is 59.6 Å². The van der Waals surface area contributed by atoms with Gasteiger partial charge in [-0.1, -0.05) is 0 Å². The predicted molar refractivity (Wildman–Crippen MR) is 111 cm³/mol. The Morgan fingerprint density at radius 1 is 1.25 bits per heavy atom. The van der Waals surface area contributed by atoms with Crippen LogP contribution in [0.1, 0.15) is 44.0 Å². The van der Waals surface area contributed by atoms with Crippen LogP contribution in [0.3, 0.4) is 0 Å². The van der Waals surface area contributed by atoms with Crippen LogP contribution < -0.4 is 16.4 Å². The minimum atomic E-state index is -2.48. The zero-order valence-corrected chi connectivity index (χ0v) is 18.1. The number of carbonyl (C=O) groups is 2. The van der Waals surface area contributed by atoms with Crippen molar-refractivity contribution in [3.8, 4) is 0 Å². The fourth-order valence-electron chi connectivity index (χ4n) is 3.55. The summed E-state index contributed by atoms with van der Waals surface area (Å²) in [5, 5.41) is 5.17. The SMILES string of the molecule is CC(C)(C)OC(=O)N1CC[C@H](F)[C@@H](NC(=O)c2cc(N)c(N[C@@H]3C[C@@H]3C(F)F)cc2F)C1. The molecule has 11 heteroatoms. The summed E-state index contributed by atoms with van der Waals surface area (Å²) in [7, 11) is 0. The van der Waals surface area contributed by atoms with E-state index in [1.54, 1.807) is 20.8 Å². The number of nitrogens with zero attached hydrogens (tertiary/aromatic N) is 1. The Bertz CT molecular complexity index is 877. The fraction of sp³-hybridized carbons (Fsp3) is 0.619. The molecule has 178 valence electrons. The van der Waals surface area contributed by atoms with Crippen LogP contribution in [0.4, 0.5) is 33.7 Å². The van der Waals surface area contributed by atoms with Crippen LogP contribution in [0.2, 0.25) is 0 Å². The summed E-state index contributed by atoms with van der Waals surface area (Å²) in [6, 6.07) is 0.477. The van der Waals surface area contributed by atoms with E-state index in [1.807, 2.05) is 0 Å². The lowest BCUT2D eigenvalue weighted by Gasteiger charge is -2.36. The molecule has 0 radical (unpaired) electrons. The van der Waals surface area contributed by atoms with Gasteiger partial charge in [0.15, 0.2) is 0 Å². The number of nitrogens with two attached hydrogens (primary N) is 1. The number of benzene rings is 1. The molecule has 1 aliphatic carbocycles. The summed E-state index contributed by atoms with van der Waals surface area (Å²) in [5.41, 5.74) is 4.85. The zero-order valence-electron chi connectivity index (χ0n) is 18.1. The normalized spacial score (nSPS) is 25.4. The maximum Gasteiger partial charge on any atom is 0.410 e. The summed E-state index contributed by atoms with van der Waals surface area (Å²) in [5.74, 6) is -2.64. The molecule has 0 aromatic heterocycles. The highest BCUT2D eigenvalue weighted by Crippen LogP contribution is 2.39. The smallest absolute Gasteiger partial charge is 0.410 e. The first-order valence-corrected chi connectivity index (χ1v) is 10.4. The van der Waals surface area contributed by atoms with Gasteiger partial charge in [0, 0.05) is 25.0 Å². The molecule has 2 aliphatic rings. The molecule has 2 fully saturated rings. The van der Waals surface area contributed by atoms with Crippen LogP contribution in [0, 0.1) is 11.7 Å². The van der Waals surface area contributed by atoms with Crippen molar-refractivity contribution in [1.82, 2.24) is 10.2 Å². The van der Waals surface area contributed by atoms with Crippen LogP contribution in [0.15, 0.2) is 12.1 Å². The van der Waals surface area contributed by atoms with E-state index in [0.717, 1.165) is 12.1 Å². The molecule has 1 saturated heterocycles. The molecular weight excluding hydrogens is 432 g/mol. The minimum Gasteiger partial charge on any atom is -0.444 e. The van der Waals surface area contributed by atoms with Crippen molar-refractivity contribution in [1.29, 1.82) is 0 Å². The van der Waals surface area contributed by atoms with Crippen LogP contribution in [0.25, 0.3) is 0 Å². The maximum absolute atomic E-state index is 14.6. The van der Waals surface area contributed by atoms with E-state index in [2.05, 4.69) is 10.6 Å². The number of amides is 2. The van der Waals surface area contributed by atoms with Gasteiger partial charge in [0.1, 0.15) is 17.6 Å². The van der Waals surface area contributed by atoms with Crippen molar-refractivity contribution < 1.29 is 31.9 Å². The molecule has 1 aliphatic heterocycles. The number of likely N-dealkylation sites (tertiary alicyclic amines) is 1. The molecule has 1 heterocycles. The van der Waals surface area contributed by atoms with Crippen molar-refractivity contribution in [2.45, 2.75) is 63.9 Å². The molecule has 32 heavy (non-hydrogen) atoms. The number of alkyl halides is 3. The van der Waals surface area contributed by atoms with Crippen molar-refractivity contribution in [2.24, 2.45) is 5.92 Å². The molecule has 0 bridgehead atoms. The van der Waals surface area contributed by atoms with Crippen molar-refractivity contribution in [3.63, 3.8) is 0 Å². The number of ether oxygens (including phenoxy) is 1. The number of nitrogens with one attached hydrogen (secondary N) is 2. The topological polar surface area (TPSA) is 96.7 Å². The van der Waals surface area contributed by atoms with Gasteiger partial charge in [0.25, 0.3) is 5.91 Å². The standard InChI is InChI=1S/C21H28F4N4O3/c1-21(2,3)32-20(31)29-5-4-12(22)17(9-29)28-19(30)10-6-14(26)16(8-13(10)23)27-15-7-11(15)18(24)25/h6,8,11-12,15,17-18,27H,4-5,7,9,26H2,1-3H3,(H,28,30)/t11-,12-,15+,17-/m0/s1. The lowest BCUT2D eigenvalue weighted by molar-refractivity contribution is 0.0112. The summed E-state index contributed by atoms with van der Waals surface area (Å²) in [6.45, 7) is 5.11. The van der Waals surface area contributed by atoms with Gasteiger partial charge in [0.05, 0.1) is 23.0 Å². The molecule has 3 rings (SSSR count). The van der Waals surface area contributed by atoms with E-state index >= 15 is 0 Å². The molecule has 4 atom stereocenters.